The average molecular weight is 590 g/mol. The number of alkyl halides is 15. The van der Waals surface area contributed by atoms with E-state index in [1.807, 2.05) is 0 Å². The van der Waals surface area contributed by atoms with Crippen LogP contribution in [0.4, 0.5) is 70.2 Å². The lowest BCUT2D eigenvalue weighted by molar-refractivity contribution is -0.455. The Kier molecular flexibility index (Phi) is 8.06. The Balaban J connectivity index is 2.25. The molecule has 1 aliphatic carbocycles. The van der Waals surface area contributed by atoms with Crippen LogP contribution in [0.25, 0.3) is 0 Å². The van der Waals surface area contributed by atoms with Gasteiger partial charge >= 0.3 is 47.7 Å². The molecular weight excluding hydrogens is 576 g/mol. The van der Waals surface area contributed by atoms with Crippen LogP contribution in [-0.2, 0) is 4.79 Å². The number of esters is 1. The molecule has 2 rings (SSSR count). The van der Waals surface area contributed by atoms with Crippen molar-refractivity contribution in [3.05, 3.63) is 30.1 Å². The second kappa shape index (κ2) is 9.64. The van der Waals surface area contributed by atoms with Crippen molar-refractivity contribution in [3.63, 3.8) is 0 Å². The molecule has 1 fully saturated rings. The van der Waals surface area contributed by atoms with Crippen LogP contribution in [0, 0.1) is 17.7 Å². The van der Waals surface area contributed by atoms with Crippen LogP contribution in [0.5, 0.6) is 5.75 Å². The summed E-state index contributed by atoms with van der Waals surface area (Å²) in [4.78, 5) is 12.1. The number of hydrogen-bond donors (Lipinski definition) is 0. The Morgan fingerprint density at radius 3 is 1.42 bits per heavy atom. The Morgan fingerprint density at radius 1 is 0.605 bits per heavy atom. The van der Waals surface area contributed by atoms with Crippen molar-refractivity contribution in [1.82, 2.24) is 0 Å². The molecule has 218 valence electrons. The molecule has 0 heterocycles. The van der Waals surface area contributed by atoms with E-state index in [9.17, 15) is 75.0 Å². The summed E-state index contributed by atoms with van der Waals surface area (Å²) in [5.41, 5.74) is 0. The highest BCUT2D eigenvalue weighted by Crippen LogP contribution is 2.63. The molecule has 0 unspecified atom stereocenters. The number of carbonyl (C=O) groups is 1. The van der Waals surface area contributed by atoms with Crippen LogP contribution < -0.4 is 4.74 Å². The molecule has 0 amide bonds. The first-order chi connectivity index (χ1) is 16.9. The van der Waals surface area contributed by atoms with Crippen molar-refractivity contribution >= 4 is 5.97 Å². The highest BCUT2D eigenvalue weighted by atomic mass is 19.4. The second-order valence-corrected chi connectivity index (χ2v) is 8.42. The van der Waals surface area contributed by atoms with Crippen LogP contribution >= 0.6 is 0 Å². The molecule has 0 aromatic heterocycles. The fourth-order valence-electron chi connectivity index (χ4n) is 3.63. The van der Waals surface area contributed by atoms with E-state index in [4.69, 9.17) is 4.74 Å². The predicted octanol–water partition coefficient (Wildman–Crippen LogP) is 7.91. The van der Waals surface area contributed by atoms with Gasteiger partial charge in [0.25, 0.3) is 0 Å². The molecule has 0 N–H and O–H groups in total. The van der Waals surface area contributed by atoms with Crippen molar-refractivity contribution in [2.24, 2.45) is 11.8 Å². The number of halogens is 16. The minimum absolute atomic E-state index is 0.242. The average Bonchev–Trinajstić information content (AvgIpc) is 2.79. The van der Waals surface area contributed by atoms with Gasteiger partial charge in [-0.25, -0.2) is 4.39 Å². The zero-order chi connectivity index (χ0) is 29.8. The van der Waals surface area contributed by atoms with E-state index in [2.05, 4.69) is 0 Å². The van der Waals surface area contributed by atoms with Crippen LogP contribution in [0.2, 0.25) is 0 Å². The lowest BCUT2D eigenvalue weighted by Gasteiger charge is -2.44. The van der Waals surface area contributed by atoms with Gasteiger partial charge in [-0.15, -0.1) is 0 Å². The third kappa shape index (κ3) is 4.86. The lowest BCUT2D eigenvalue weighted by Crippen LogP contribution is -2.73. The topological polar surface area (TPSA) is 26.3 Å². The smallest absolute Gasteiger partial charge is 0.426 e. The van der Waals surface area contributed by atoms with Gasteiger partial charge in [0.15, 0.2) is 0 Å². The Labute approximate surface area is 201 Å². The minimum Gasteiger partial charge on any atom is -0.426 e. The summed E-state index contributed by atoms with van der Waals surface area (Å²) >= 11 is 0. The van der Waals surface area contributed by atoms with Crippen molar-refractivity contribution in [2.45, 2.75) is 67.4 Å². The number of carbonyl (C=O) groups excluding carboxylic acids is 1. The van der Waals surface area contributed by atoms with Crippen LogP contribution in [-0.4, -0.2) is 47.7 Å². The summed E-state index contributed by atoms with van der Waals surface area (Å²) in [5, 5.41) is 0. The van der Waals surface area contributed by atoms with Crippen LogP contribution in [0.3, 0.4) is 0 Å². The van der Waals surface area contributed by atoms with Gasteiger partial charge in [0.05, 0.1) is 5.92 Å². The van der Waals surface area contributed by atoms with Gasteiger partial charge in [-0.2, -0.15) is 65.9 Å². The molecule has 1 aromatic rings. The van der Waals surface area contributed by atoms with Gasteiger partial charge in [0.1, 0.15) is 11.6 Å². The molecule has 0 atom stereocenters. The van der Waals surface area contributed by atoms with Crippen molar-refractivity contribution < 1.29 is 79.8 Å². The summed E-state index contributed by atoms with van der Waals surface area (Å²) in [6.45, 7) is 0. The van der Waals surface area contributed by atoms with Gasteiger partial charge in [0, 0.05) is 5.92 Å². The van der Waals surface area contributed by atoms with Crippen molar-refractivity contribution in [3.8, 4) is 5.75 Å². The summed E-state index contributed by atoms with van der Waals surface area (Å²) in [7, 11) is 0. The first kappa shape index (κ1) is 31.8. The van der Waals surface area contributed by atoms with E-state index in [0.717, 1.165) is 24.3 Å². The SMILES string of the molecule is O=C(Oc1ccc(F)cc1)[C@H]1CC[C@H](C(F)(F)C(F)(F)C(F)(F)C(F)(F)C(F)(F)C(F)(F)C(F)(F)F)CC1. The normalized spacial score (nSPS) is 20.8. The predicted molar refractivity (Wildman–Crippen MR) is 93.2 cm³/mol. The zero-order valence-electron chi connectivity index (χ0n) is 18.2. The molecule has 2 nitrogen and oxygen atoms in total. The molecule has 1 saturated carbocycles. The third-order valence-electron chi connectivity index (χ3n) is 5.96. The molecule has 0 spiro atoms. The molecule has 0 saturated heterocycles. The van der Waals surface area contributed by atoms with Crippen molar-refractivity contribution in [1.29, 1.82) is 0 Å². The standard InChI is InChI=1S/C20H14F16O2/c21-11-5-7-12(8-6-11)38-13(37)9-1-3-10(4-2-9)14(22,23)15(24,25)16(26,27)17(28,29)18(30,31)19(32,33)20(34,35)36/h5-10H,1-4H2/t9-,10-. The molecular formula is C20H14F16O2. The van der Waals surface area contributed by atoms with E-state index in [-0.39, 0.29) is 5.75 Å². The summed E-state index contributed by atoms with van der Waals surface area (Å²) in [6.07, 6.45) is -11.9. The first-order valence-corrected chi connectivity index (χ1v) is 10.2. The lowest BCUT2D eigenvalue weighted by atomic mass is 9.75. The Hall–Kier alpha value is -2.43. The van der Waals surface area contributed by atoms with Gasteiger partial charge in [-0.3, -0.25) is 4.79 Å². The Morgan fingerprint density at radius 2 is 1.00 bits per heavy atom. The van der Waals surface area contributed by atoms with E-state index in [1.54, 1.807) is 0 Å². The maximum atomic E-state index is 14.4. The Bertz CT molecular complexity index is 991. The molecule has 1 aliphatic rings. The fraction of sp³-hybridized carbons (Fsp3) is 0.650. The maximum Gasteiger partial charge on any atom is 0.460 e. The monoisotopic (exact) mass is 590 g/mol. The molecule has 0 radical (unpaired) electrons. The van der Waals surface area contributed by atoms with E-state index in [0.29, 0.717) is 0 Å². The highest BCUT2D eigenvalue weighted by Gasteiger charge is 2.93. The molecule has 38 heavy (non-hydrogen) atoms. The molecule has 18 heteroatoms. The van der Waals surface area contributed by atoms with Gasteiger partial charge in [-0.1, -0.05) is 0 Å². The van der Waals surface area contributed by atoms with E-state index in [1.165, 1.54) is 0 Å². The summed E-state index contributed by atoms with van der Waals surface area (Å²) < 4.78 is 218. The first-order valence-electron chi connectivity index (χ1n) is 10.2. The van der Waals surface area contributed by atoms with Crippen molar-refractivity contribution in [2.75, 3.05) is 0 Å². The highest BCUT2D eigenvalue weighted by molar-refractivity contribution is 5.75. The number of rotatable bonds is 8. The molecule has 0 bridgehead atoms. The van der Waals surface area contributed by atoms with Crippen LogP contribution in [0.15, 0.2) is 24.3 Å². The molecule has 0 aliphatic heterocycles. The number of ether oxygens (including phenoxy) is 1. The second-order valence-electron chi connectivity index (χ2n) is 8.42. The largest absolute Gasteiger partial charge is 0.460 e. The minimum atomic E-state index is -8.33. The number of hydrogen-bond acceptors (Lipinski definition) is 2. The maximum absolute atomic E-state index is 14.4. The summed E-state index contributed by atoms with van der Waals surface area (Å²) in [6, 6.07) is 3.64. The van der Waals surface area contributed by atoms with E-state index >= 15 is 0 Å². The number of benzene rings is 1. The quantitative estimate of drug-likeness (QED) is 0.175. The van der Waals surface area contributed by atoms with Gasteiger partial charge in [0.2, 0.25) is 0 Å². The van der Waals surface area contributed by atoms with Gasteiger partial charge in [-0.05, 0) is 49.9 Å². The van der Waals surface area contributed by atoms with Gasteiger partial charge < -0.3 is 4.74 Å². The van der Waals surface area contributed by atoms with Crippen LogP contribution in [0.1, 0.15) is 25.7 Å². The zero-order valence-corrected chi connectivity index (χ0v) is 18.2. The fourth-order valence-corrected chi connectivity index (χ4v) is 3.63. The summed E-state index contributed by atoms with van der Waals surface area (Å²) in [5.74, 6) is -53.2. The van der Waals surface area contributed by atoms with E-state index < -0.39 is 91.0 Å². The molecule has 1 aromatic carbocycles. The third-order valence-corrected chi connectivity index (χ3v) is 5.96.